The lowest BCUT2D eigenvalue weighted by Crippen LogP contribution is -2.49. The van der Waals surface area contributed by atoms with Gasteiger partial charge in [0.1, 0.15) is 5.54 Å². The Morgan fingerprint density at radius 3 is 2.67 bits per heavy atom. The molecule has 2 rings (SSSR count). The highest BCUT2D eigenvalue weighted by Crippen LogP contribution is 2.19. The Kier molecular flexibility index (Phi) is 6.33. The van der Waals surface area contributed by atoms with Gasteiger partial charge in [-0.15, -0.1) is 23.7 Å². The van der Waals surface area contributed by atoms with Crippen LogP contribution in [-0.2, 0) is 10.3 Å². The molecule has 114 valence electrons. The second-order valence-electron chi connectivity index (χ2n) is 5.05. The number of hydrogen-bond donors (Lipinski definition) is 2. The molecule has 4 nitrogen and oxygen atoms in total. The average Bonchev–Trinajstić information content (AvgIpc) is 2.99. The van der Waals surface area contributed by atoms with Crippen molar-refractivity contribution in [2.24, 2.45) is 5.73 Å². The Hall–Kier alpha value is -1.43. The maximum absolute atomic E-state index is 12.3. The molecule has 0 aliphatic heterocycles. The number of carbonyl (C=O) groups excluding carboxylic acids is 1. The summed E-state index contributed by atoms with van der Waals surface area (Å²) in [5.41, 5.74) is 5.94. The van der Waals surface area contributed by atoms with Gasteiger partial charge in [-0.1, -0.05) is 37.3 Å². The first-order valence-electron chi connectivity index (χ1n) is 6.54. The van der Waals surface area contributed by atoms with Gasteiger partial charge in [0, 0.05) is 24.0 Å². The number of hydrogen-bond acceptors (Lipinski definition) is 4. The fourth-order valence-corrected chi connectivity index (χ4v) is 2.61. The third-order valence-corrected chi connectivity index (χ3v) is 4.29. The second kappa shape index (κ2) is 7.54. The van der Waals surface area contributed by atoms with Crippen molar-refractivity contribution in [1.29, 1.82) is 0 Å². The molecule has 0 fully saturated rings. The quantitative estimate of drug-likeness (QED) is 0.888. The van der Waals surface area contributed by atoms with Crippen LogP contribution in [0.5, 0.6) is 0 Å². The predicted octanol–water partition coefficient (Wildman–Crippen LogP) is 2.66. The molecule has 21 heavy (non-hydrogen) atoms. The van der Waals surface area contributed by atoms with Gasteiger partial charge >= 0.3 is 0 Å². The zero-order chi connectivity index (χ0) is 14.6. The van der Waals surface area contributed by atoms with Gasteiger partial charge in [-0.3, -0.25) is 4.79 Å². The number of nitrogens with zero attached hydrogens (tertiary/aromatic N) is 1. The van der Waals surface area contributed by atoms with Crippen molar-refractivity contribution >= 4 is 29.7 Å². The van der Waals surface area contributed by atoms with E-state index in [-0.39, 0.29) is 24.2 Å². The van der Waals surface area contributed by atoms with E-state index in [0.29, 0.717) is 6.54 Å². The van der Waals surface area contributed by atoms with E-state index in [0.717, 1.165) is 10.6 Å². The number of aromatic nitrogens is 1. The number of thiazole rings is 1. The molecule has 0 aliphatic carbocycles. The summed E-state index contributed by atoms with van der Waals surface area (Å²) in [6.07, 6.45) is 1.77. The molecular weight excluding hydrogens is 306 g/mol. The number of nitrogens with one attached hydrogen (secondary N) is 1. The van der Waals surface area contributed by atoms with Crippen molar-refractivity contribution in [3.05, 3.63) is 52.5 Å². The Balaban J connectivity index is 0.00000220. The molecule has 2 aromatic rings. The Bertz CT molecular complexity index is 558. The number of nitrogens with two attached hydrogens (primary N) is 1. The highest BCUT2D eigenvalue weighted by atomic mass is 35.5. The number of benzene rings is 1. The maximum atomic E-state index is 12.3. The van der Waals surface area contributed by atoms with Gasteiger partial charge in [0.2, 0.25) is 5.91 Å². The summed E-state index contributed by atoms with van der Waals surface area (Å²) in [6, 6.07) is 9.40. The van der Waals surface area contributed by atoms with Crippen LogP contribution in [0.1, 0.15) is 30.3 Å². The first kappa shape index (κ1) is 17.6. The molecule has 3 N–H and O–H groups in total. The van der Waals surface area contributed by atoms with E-state index in [1.807, 2.05) is 42.6 Å². The second-order valence-corrected chi connectivity index (χ2v) is 5.98. The average molecular weight is 326 g/mol. The first-order valence-corrected chi connectivity index (χ1v) is 7.42. The van der Waals surface area contributed by atoms with Crippen molar-refractivity contribution < 1.29 is 4.79 Å². The summed E-state index contributed by atoms with van der Waals surface area (Å²) >= 11 is 1.59. The van der Waals surface area contributed by atoms with Gasteiger partial charge in [0.15, 0.2) is 0 Å². The molecule has 2 atom stereocenters. The number of carbonyl (C=O) groups is 1. The molecule has 0 spiro atoms. The zero-order valence-electron chi connectivity index (χ0n) is 12.1. The van der Waals surface area contributed by atoms with Crippen molar-refractivity contribution in [1.82, 2.24) is 10.3 Å². The van der Waals surface area contributed by atoms with Gasteiger partial charge in [-0.2, -0.15) is 0 Å². The van der Waals surface area contributed by atoms with Crippen LogP contribution in [-0.4, -0.2) is 17.4 Å². The Labute approximate surface area is 135 Å². The largest absolute Gasteiger partial charge is 0.354 e. The minimum absolute atomic E-state index is 0. The molecule has 0 radical (unpaired) electrons. The van der Waals surface area contributed by atoms with Crippen molar-refractivity contribution in [2.45, 2.75) is 25.3 Å². The number of rotatable bonds is 5. The van der Waals surface area contributed by atoms with Gasteiger partial charge in [-0.05, 0) is 12.5 Å². The maximum Gasteiger partial charge on any atom is 0.244 e. The predicted molar refractivity (Wildman–Crippen MR) is 88.8 cm³/mol. The number of halogens is 1. The molecule has 1 amide bonds. The van der Waals surface area contributed by atoms with E-state index in [1.54, 1.807) is 24.5 Å². The highest BCUT2D eigenvalue weighted by Gasteiger charge is 2.30. The van der Waals surface area contributed by atoms with Crippen molar-refractivity contribution in [3.63, 3.8) is 0 Å². The monoisotopic (exact) mass is 325 g/mol. The summed E-state index contributed by atoms with van der Waals surface area (Å²) < 4.78 is 0. The lowest BCUT2D eigenvalue weighted by Gasteiger charge is -2.24. The smallest absolute Gasteiger partial charge is 0.244 e. The molecular formula is C15H20ClN3OS. The van der Waals surface area contributed by atoms with Gasteiger partial charge in [0.25, 0.3) is 0 Å². The molecule has 1 aromatic carbocycles. The standard InChI is InChI=1S/C15H19N3OS.ClH/c1-11(13-17-8-9-20-13)10-18-14(19)15(2,16)12-6-4-3-5-7-12;/h3-9,11H,10,16H2,1-2H3,(H,18,19);1H. The van der Waals surface area contributed by atoms with Gasteiger partial charge in [-0.25, -0.2) is 4.98 Å². The topological polar surface area (TPSA) is 68.0 Å². The fraction of sp³-hybridized carbons (Fsp3) is 0.333. The summed E-state index contributed by atoms with van der Waals surface area (Å²) in [5.74, 6) is 0.0117. The Morgan fingerprint density at radius 2 is 2.10 bits per heavy atom. The van der Waals surface area contributed by atoms with Crippen LogP contribution in [0.3, 0.4) is 0 Å². The summed E-state index contributed by atoms with van der Waals surface area (Å²) in [4.78, 5) is 16.5. The van der Waals surface area contributed by atoms with Gasteiger partial charge in [0.05, 0.1) is 5.01 Å². The first-order chi connectivity index (χ1) is 9.51. The lowest BCUT2D eigenvalue weighted by molar-refractivity contribution is -0.126. The van der Waals surface area contributed by atoms with Crippen molar-refractivity contribution in [3.8, 4) is 0 Å². The lowest BCUT2D eigenvalue weighted by atomic mass is 9.92. The molecule has 1 heterocycles. The summed E-state index contributed by atoms with van der Waals surface area (Å²) in [5, 5.41) is 5.86. The molecule has 0 saturated heterocycles. The van der Waals surface area contributed by atoms with Crippen LogP contribution in [0.15, 0.2) is 41.9 Å². The highest BCUT2D eigenvalue weighted by molar-refractivity contribution is 7.09. The third-order valence-electron chi connectivity index (χ3n) is 3.29. The molecule has 0 aliphatic rings. The molecule has 0 bridgehead atoms. The minimum Gasteiger partial charge on any atom is -0.354 e. The fourth-order valence-electron chi connectivity index (χ4n) is 1.91. The number of amides is 1. The van der Waals surface area contributed by atoms with E-state index in [1.165, 1.54) is 0 Å². The third kappa shape index (κ3) is 4.27. The van der Waals surface area contributed by atoms with E-state index in [2.05, 4.69) is 10.3 Å². The molecule has 1 aromatic heterocycles. The molecule has 0 saturated carbocycles. The van der Waals surface area contributed by atoms with Gasteiger partial charge < -0.3 is 11.1 Å². The van der Waals surface area contributed by atoms with Crippen LogP contribution in [0.25, 0.3) is 0 Å². The van der Waals surface area contributed by atoms with E-state index >= 15 is 0 Å². The summed E-state index contributed by atoms with van der Waals surface area (Å²) in [7, 11) is 0. The van der Waals surface area contributed by atoms with E-state index in [9.17, 15) is 4.79 Å². The Morgan fingerprint density at radius 1 is 1.43 bits per heavy atom. The van der Waals surface area contributed by atoms with Crippen LogP contribution >= 0.6 is 23.7 Å². The molecule has 2 unspecified atom stereocenters. The van der Waals surface area contributed by atoms with Crippen LogP contribution in [0.4, 0.5) is 0 Å². The molecule has 6 heteroatoms. The normalized spacial score (nSPS) is 14.6. The van der Waals surface area contributed by atoms with Crippen LogP contribution < -0.4 is 11.1 Å². The van der Waals surface area contributed by atoms with E-state index < -0.39 is 5.54 Å². The minimum atomic E-state index is -1.02. The zero-order valence-corrected chi connectivity index (χ0v) is 13.7. The van der Waals surface area contributed by atoms with E-state index in [4.69, 9.17) is 5.73 Å². The van der Waals surface area contributed by atoms with Crippen LogP contribution in [0, 0.1) is 0 Å². The summed E-state index contributed by atoms with van der Waals surface area (Å²) in [6.45, 7) is 4.30. The van der Waals surface area contributed by atoms with Crippen molar-refractivity contribution in [2.75, 3.05) is 6.54 Å². The SMILES string of the molecule is CC(CNC(=O)C(C)(N)c1ccccc1)c1nccs1.Cl. The van der Waals surface area contributed by atoms with Crippen LogP contribution in [0.2, 0.25) is 0 Å².